The van der Waals surface area contributed by atoms with Crippen LogP contribution in [0.2, 0.25) is 0 Å². The highest BCUT2D eigenvalue weighted by atomic mass is 32.2. The third-order valence-corrected chi connectivity index (χ3v) is 2.73. The lowest BCUT2D eigenvalue weighted by atomic mass is 10.2. The molecule has 1 aliphatic heterocycles. The maximum atomic E-state index is 4.37. The molecule has 0 aliphatic carbocycles. The fourth-order valence-electron chi connectivity index (χ4n) is 1.10. The molecule has 0 bridgehead atoms. The SMILES string of the molecule is CC(C)C1=NC=CSN1C(C)C. The third kappa shape index (κ3) is 2.03. The molecule has 2 nitrogen and oxygen atoms in total. The Morgan fingerprint density at radius 3 is 2.42 bits per heavy atom. The lowest BCUT2D eigenvalue weighted by molar-refractivity contribution is 0.524. The van der Waals surface area contributed by atoms with Crippen LogP contribution in [0.1, 0.15) is 27.7 Å². The molecule has 0 aromatic rings. The van der Waals surface area contributed by atoms with Crippen molar-refractivity contribution in [1.82, 2.24) is 4.31 Å². The topological polar surface area (TPSA) is 15.6 Å². The van der Waals surface area contributed by atoms with Crippen LogP contribution >= 0.6 is 11.9 Å². The molecule has 0 radical (unpaired) electrons. The lowest BCUT2D eigenvalue weighted by Crippen LogP contribution is -2.34. The van der Waals surface area contributed by atoms with E-state index in [1.807, 2.05) is 11.6 Å². The zero-order valence-electron chi connectivity index (χ0n) is 8.11. The van der Waals surface area contributed by atoms with Crippen LogP contribution in [0.4, 0.5) is 0 Å². The molecule has 0 saturated carbocycles. The predicted molar refractivity (Wildman–Crippen MR) is 56.0 cm³/mol. The van der Waals surface area contributed by atoms with Gasteiger partial charge in [0, 0.05) is 23.6 Å². The Labute approximate surface area is 78.9 Å². The van der Waals surface area contributed by atoms with Gasteiger partial charge in [0.05, 0.1) is 0 Å². The number of rotatable bonds is 2. The fraction of sp³-hybridized carbons (Fsp3) is 0.667. The van der Waals surface area contributed by atoms with Gasteiger partial charge in [0.1, 0.15) is 5.84 Å². The third-order valence-electron chi connectivity index (χ3n) is 1.65. The van der Waals surface area contributed by atoms with Crippen LogP contribution in [0.15, 0.2) is 16.6 Å². The minimum atomic E-state index is 0.504. The van der Waals surface area contributed by atoms with E-state index in [1.54, 1.807) is 11.9 Å². The van der Waals surface area contributed by atoms with Crippen molar-refractivity contribution < 1.29 is 0 Å². The summed E-state index contributed by atoms with van der Waals surface area (Å²) in [5.41, 5.74) is 0. The van der Waals surface area contributed by atoms with Crippen LogP contribution in [-0.2, 0) is 0 Å². The summed E-state index contributed by atoms with van der Waals surface area (Å²) in [6, 6.07) is 0.515. The molecule has 0 fully saturated rings. The first-order valence-electron chi connectivity index (χ1n) is 4.31. The van der Waals surface area contributed by atoms with E-state index in [1.165, 1.54) is 5.84 Å². The second kappa shape index (κ2) is 3.99. The van der Waals surface area contributed by atoms with Gasteiger partial charge in [0.2, 0.25) is 0 Å². The molecular weight excluding hydrogens is 168 g/mol. The summed E-state index contributed by atoms with van der Waals surface area (Å²) in [5, 5.41) is 2.02. The standard InChI is InChI=1S/C9H16N2S/c1-7(2)9-10-5-6-12-11(9)8(3)4/h5-8H,1-4H3. The first kappa shape index (κ1) is 9.65. The summed E-state index contributed by atoms with van der Waals surface area (Å²) in [7, 11) is 0. The Kier molecular flexibility index (Phi) is 3.20. The Balaban J connectivity index is 2.77. The zero-order chi connectivity index (χ0) is 9.14. The molecule has 0 saturated heterocycles. The van der Waals surface area contributed by atoms with Crippen molar-refractivity contribution >= 4 is 17.8 Å². The highest BCUT2D eigenvalue weighted by Crippen LogP contribution is 2.23. The van der Waals surface area contributed by atoms with Gasteiger partial charge < -0.3 is 0 Å². The Bertz CT molecular complexity index is 207. The molecule has 0 spiro atoms. The predicted octanol–water partition coefficient (Wildman–Crippen LogP) is 2.88. The first-order chi connectivity index (χ1) is 5.63. The van der Waals surface area contributed by atoms with Gasteiger partial charge in [0.15, 0.2) is 0 Å². The highest BCUT2D eigenvalue weighted by molar-refractivity contribution is 8.00. The van der Waals surface area contributed by atoms with Crippen LogP contribution < -0.4 is 0 Å². The van der Waals surface area contributed by atoms with Gasteiger partial charge in [-0.1, -0.05) is 13.8 Å². The molecule has 1 aliphatic rings. The van der Waals surface area contributed by atoms with Gasteiger partial charge in [-0.25, -0.2) is 4.99 Å². The quantitative estimate of drug-likeness (QED) is 0.613. The minimum absolute atomic E-state index is 0.504. The van der Waals surface area contributed by atoms with Crippen LogP contribution in [0.25, 0.3) is 0 Å². The van der Waals surface area contributed by atoms with E-state index in [0.717, 1.165) is 0 Å². The van der Waals surface area contributed by atoms with Gasteiger partial charge in [-0.3, -0.25) is 4.31 Å². The normalized spacial score (nSPS) is 17.5. The van der Waals surface area contributed by atoms with E-state index in [-0.39, 0.29) is 0 Å². The number of amidine groups is 1. The molecule has 3 heteroatoms. The Morgan fingerprint density at radius 1 is 1.33 bits per heavy atom. The second-order valence-corrected chi connectivity index (χ2v) is 4.33. The molecule has 1 rings (SSSR count). The maximum Gasteiger partial charge on any atom is 0.117 e. The molecule has 0 aromatic heterocycles. The zero-order valence-corrected chi connectivity index (χ0v) is 8.93. The number of hydrogen-bond acceptors (Lipinski definition) is 3. The van der Waals surface area contributed by atoms with Gasteiger partial charge in [-0.2, -0.15) is 0 Å². The smallest absolute Gasteiger partial charge is 0.117 e. The van der Waals surface area contributed by atoms with Gasteiger partial charge in [0.25, 0.3) is 0 Å². The molecule has 0 atom stereocenters. The van der Waals surface area contributed by atoms with Crippen molar-refractivity contribution in [3.05, 3.63) is 11.6 Å². The van der Waals surface area contributed by atoms with Crippen LogP contribution in [0.5, 0.6) is 0 Å². The molecular formula is C9H16N2S. The summed E-state index contributed by atoms with van der Waals surface area (Å²) in [5.74, 6) is 1.68. The average molecular weight is 184 g/mol. The van der Waals surface area contributed by atoms with Gasteiger partial charge >= 0.3 is 0 Å². The van der Waals surface area contributed by atoms with Crippen molar-refractivity contribution in [1.29, 1.82) is 0 Å². The van der Waals surface area contributed by atoms with Gasteiger partial charge in [-0.15, -0.1) is 0 Å². The molecule has 0 aromatic carbocycles. The van der Waals surface area contributed by atoms with Crippen LogP contribution in [0, 0.1) is 5.92 Å². The van der Waals surface area contributed by atoms with E-state index >= 15 is 0 Å². The van der Waals surface area contributed by atoms with Crippen molar-refractivity contribution in [2.75, 3.05) is 0 Å². The maximum absolute atomic E-state index is 4.37. The summed E-state index contributed by atoms with van der Waals surface area (Å²) in [6.45, 7) is 8.72. The first-order valence-corrected chi connectivity index (χ1v) is 5.15. The summed E-state index contributed by atoms with van der Waals surface area (Å²) in [4.78, 5) is 4.37. The van der Waals surface area contributed by atoms with Crippen LogP contribution in [0.3, 0.4) is 0 Å². The van der Waals surface area contributed by atoms with Crippen molar-refractivity contribution in [3.8, 4) is 0 Å². The number of hydrogen-bond donors (Lipinski definition) is 0. The van der Waals surface area contributed by atoms with Crippen molar-refractivity contribution in [2.24, 2.45) is 10.9 Å². The molecule has 1 heterocycles. The van der Waals surface area contributed by atoms with Crippen molar-refractivity contribution in [2.45, 2.75) is 33.7 Å². The van der Waals surface area contributed by atoms with E-state index in [2.05, 4.69) is 37.0 Å². The molecule has 0 N–H and O–H groups in total. The largest absolute Gasteiger partial charge is 0.298 e. The molecule has 12 heavy (non-hydrogen) atoms. The minimum Gasteiger partial charge on any atom is -0.298 e. The van der Waals surface area contributed by atoms with Crippen LogP contribution in [-0.4, -0.2) is 16.2 Å². The van der Waals surface area contributed by atoms with Gasteiger partial charge in [-0.05, 0) is 25.8 Å². The fourth-order valence-corrected chi connectivity index (χ4v) is 1.96. The van der Waals surface area contributed by atoms with Crippen molar-refractivity contribution in [3.63, 3.8) is 0 Å². The highest BCUT2D eigenvalue weighted by Gasteiger charge is 2.18. The summed E-state index contributed by atoms with van der Waals surface area (Å²) in [6.07, 6.45) is 1.87. The summed E-state index contributed by atoms with van der Waals surface area (Å²) >= 11 is 1.73. The molecule has 68 valence electrons. The Hall–Kier alpha value is -0.440. The van der Waals surface area contributed by atoms with E-state index in [9.17, 15) is 0 Å². The second-order valence-electron chi connectivity index (χ2n) is 3.45. The summed E-state index contributed by atoms with van der Waals surface area (Å²) < 4.78 is 2.25. The van der Waals surface area contributed by atoms with E-state index < -0.39 is 0 Å². The van der Waals surface area contributed by atoms with E-state index in [4.69, 9.17) is 0 Å². The monoisotopic (exact) mass is 184 g/mol. The van der Waals surface area contributed by atoms with E-state index in [0.29, 0.717) is 12.0 Å². The number of aliphatic imine (C=N–C) groups is 1. The number of nitrogens with zero attached hydrogens (tertiary/aromatic N) is 2. The Morgan fingerprint density at radius 2 is 2.00 bits per heavy atom. The molecule has 0 amide bonds. The molecule has 0 unspecified atom stereocenters. The average Bonchev–Trinajstić information content (AvgIpc) is 2.04. The lowest BCUT2D eigenvalue weighted by Gasteiger charge is -2.30.